The van der Waals surface area contributed by atoms with Crippen LogP contribution < -0.4 is 5.32 Å². The van der Waals surface area contributed by atoms with Crippen molar-refractivity contribution in [1.82, 2.24) is 4.98 Å². The van der Waals surface area contributed by atoms with Crippen LogP contribution in [-0.4, -0.2) is 10.9 Å². The molecule has 1 heterocycles. The Morgan fingerprint density at radius 1 is 1.47 bits per heavy atom. The number of amides is 1. The van der Waals surface area contributed by atoms with Crippen molar-refractivity contribution >= 4 is 27.7 Å². The maximum absolute atomic E-state index is 12.4. The van der Waals surface area contributed by atoms with Gasteiger partial charge in [-0.15, -0.1) is 0 Å². The SMILES string of the molecule is Cc1cc(NC(=O)C2CCCCC2(C)C)ncc1Br. The molecule has 1 atom stereocenters. The third kappa shape index (κ3) is 3.35. The Kier molecular flexibility index (Phi) is 4.29. The van der Waals surface area contributed by atoms with Crippen molar-refractivity contribution in [2.75, 3.05) is 5.32 Å². The second-order valence-corrected chi connectivity index (χ2v) is 6.95. The van der Waals surface area contributed by atoms with E-state index in [1.54, 1.807) is 6.20 Å². The molecule has 4 heteroatoms. The summed E-state index contributed by atoms with van der Waals surface area (Å²) in [6.45, 7) is 6.37. The molecule has 1 saturated carbocycles. The highest BCUT2D eigenvalue weighted by Crippen LogP contribution is 2.41. The smallest absolute Gasteiger partial charge is 0.229 e. The quantitative estimate of drug-likeness (QED) is 0.880. The van der Waals surface area contributed by atoms with Crippen molar-refractivity contribution < 1.29 is 4.79 Å². The highest BCUT2D eigenvalue weighted by atomic mass is 79.9. The van der Waals surface area contributed by atoms with Gasteiger partial charge >= 0.3 is 0 Å². The van der Waals surface area contributed by atoms with E-state index in [-0.39, 0.29) is 17.2 Å². The van der Waals surface area contributed by atoms with Gasteiger partial charge in [-0.2, -0.15) is 0 Å². The number of hydrogen-bond donors (Lipinski definition) is 1. The number of nitrogens with zero attached hydrogens (tertiary/aromatic N) is 1. The summed E-state index contributed by atoms with van der Waals surface area (Å²) in [5.41, 5.74) is 1.17. The predicted molar refractivity (Wildman–Crippen MR) is 81.0 cm³/mol. The average Bonchev–Trinajstić information content (AvgIpc) is 2.33. The number of carbonyl (C=O) groups is 1. The first-order valence-corrected chi connectivity index (χ1v) is 7.62. The predicted octanol–water partition coefficient (Wildman–Crippen LogP) is 4.31. The molecule has 1 unspecified atom stereocenters. The number of aromatic nitrogens is 1. The molecule has 1 aromatic heterocycles. The normalized spacial score (nSPS) is 22.0. The molecule has 1 N–H and O–H groups in total. The molecule has 3 nitrogen and oxygen atoms in total. The van der Waals surface area contributed by atoms with Crippen LogP contribution in [0, 0.1) is 18.3 Å². The zero-order valence-corrected chi connectivity index (χ0v) is 13.4. The fourth-order valence-electron chi connectivity index (χ4n) is 2.80. The standard InChI is InChI=1S/C15H21BrN2O/c1-10-8-13(17-9-12(10)16)18-14(19)11-6-4-5-7-15(11,2)3/h8-9,11H,4-7H2,1-3H3,(H,17,18,19). The minimum absolute atomic E-state index is 0.0898. The van der Waals surface area contributed by atoms with Crippen molar-refractivity contribution in [3.63, 3.8) is 0 Å². The molecule has 0 bridgehead atoms. The van der Waals surface area contributed by atoms with Gasteiger partial charge in [0.1, 0.15) is 5.82 Å². The van der Waals surface area contributed by atoms with Crippen LogP contribution in [0.2, 0.25) is 0 Å². The van der Waals surface area contributed by atoms with Crippen LogP contribution in [0.25, 0.3) is 0 Å². The lowest BCUT2D eigenvalue weighted by molar-refractivity contribution is -0.124. The van der Waals surface area contributed by atoms with E-state index in [2.05, 4.69) is 40.1 Å². The van der Waals surface area contributed by atoms with E-state index >= 15 is 0 Å². The van der Waals surface area contributed by atoms with Crippen LogP contribution in [0.5, 0.6) is 0 Å². The maximum atomic E-state index is 12.4. The second kappa shape index (κ2) is 5.61. The number of nitrogens with one attached hydrogen (secondary N) is 1. The van der Waals surface area contributed by atoms with E-state index < -0.39 is 0 Å². The van der Waals surface area contributed by atoms with E-state index in [0.717, 1.165) is 29.3 Å². The van der Waals surface area contributed by atoms with E-state index in [4.69, 9.17) is 0 Å². The molecule has 19 heavy (non-hydrogen) atoms. The Morgan fingerprint density at radius 2 is 2.21 bits per heavy atom. The Labute approximate surface area is 123 Å². The van der Waals surface area contributed by atoms with E-state index in [1.807, 2.05) is 13.0 Å². The summed E-state index contributed by atoms with van der Waals surface area (Å²) in [7, 11) is 0. The van der Waals surface area contributed by atoms with Crippen LogP contribution >= 0.6 is 15.9 Å². The molecule has 1 amide bonds. The molecule has 1 fully saturated rings. The number of rotatable bonds is 2. The molecule has 0 aromatic carbocycles. The minimum Gasteiger partial charge on any atom is -0.310 e. The number of anilines is 1. The molecule has 0 saturated heterocycles. The van der Waals surface area contributed by atoms with Crippen molar-refractivity contribution in [3.8, 4) is 0 Å². The summed E-state index contributed by atoms with van der Waals surface area (Å²) in [6.07, 6.45) is 6.21. The summed E-state index contributed by atoms with van der Waals surface area (Å²) < 4.78 is 0.962. The Hall–Kier alpha value is -0.900. The summed E-state index contributed by atoms with van der Waals surface area (Å²) in [5, 5.41) is 2.96. The van der Waals surface area contributed by atoms with Crippen molar-refractivity contribution in [3.05, 3.63) is 22.3 Å². The lowest BCUT2D eigenvalue weighted by Gasteiger charge is -2.37. The van der Waals surface area contributed by atoms with Gasteiger partial charge < -0.3 is 5.32 Å². The van der Waals surface area contributed by atoms with Crippen molar-refractivity contribution in [1.29, 1.82) is 0 Å². The third-order valence-electron chi connectivity index (χ3n) is 4.12. The number of aryl methyl sites for hydroxylation is 1. The summed E-state index contributed by atoms with van der Waals surface area (Å²) in [6, 6.07) is 1.90. The average molecular weight is 325 g/mol. The van der Waals surface area contributed by atoms with Gasteiger partial charge in [0.2, 0.25) is 5.91 Å². The first-order valence-electron chi connectivity index (χ1n) is 6.83. The first kappa shape index (κ1) is 14.5. The minimum atomic E-state index is 0.0898. The van der Waals surface area contributed by atoms with Gasteiger partial charge in [-0.1, -0.05) is 26.7 Å². The van der Waals surface area contributed by atoms with E-state index in [0.29, 0.717) is 5.82 Å². The molecular weight excluding hydrogens is 304 g/mol. The zero-order valence-electron chi connectivity index (χ0n) is 11.8. The first-order chi connectivity index (χ1) is 8.90. The van der Waals surface area contributed by atoms with Crippen LogP contribution in [0.1, 0.15) is 45.1 Å². The van der Waals surface area contributed by atoms with Gasteiger partial charge in [0.25, 0.3) is 0 Å². The highest BCUT2D eigenvalue weighted by Gasteiger charge is 2.37. The third-order valence-corrected chi connectivity index (χ3v) is 4.95. The monoisotopic (exact) mass is 324 g/mol. The van der Waals surface area contributed by atoms with Crippen molar-refractivity contribution in [2.24, 2.45) is 11.3 Å². The van der Waals surface area contributed by atoms with Crippen LogP contribution in [0.3, 0.4) is 0 Å². The molecule has 0 aliphatic heterocycles. The topological polar surface area (TPSA) is 42.0 Å². The lowest BCUT2D eigenvalue weighted by Crippen LogP contribution is -2.37. The van der Waals surface area contributed by atoms with E-state index in [9.17, 15) is 4.79 Å². The number of hydrogen-bond acceptors (Lipinski definition) is 2. The number of carbonyl (C=O) groups excluding carboxylic acids is 1. The van der Waals surface area contributed by atoms with Gasteiger partial charge in [0.15, 0.2) is 0 Å². The van der Waals surface area contributed by atoms with Gasteiger partial charge in [0.05, 0.1) is 0 Å². The number of halogens is 1. The molecule has 1 aromatic rings. The molecule has 0 radical (unpaired) electrons. The summed E-state index contributed by atoms with van der Waals surface area (Å²) in [4.78, 5) is 16.7. The molecule has 1 aliphatic rings. The Bertz CT molecular complexity index is 485. The van der Waals surface area contributed by atoms with E-state index in [1.165, 1.54) is 6.42 Å². The van der Waals surface area contributed by atoms with Gasteiger partial charge in [-0.25, -0.2) is 4.98 Å². The lowest BCUT2D eigenvalue weighted by atomic mass is 9.68. The molecule has 2 rings (SSSR count). The van der Waals surface area contributed by atoms with Crippen molar-refractivity contribution in [2.45, 2.75) is 46.5 Å². The fraction of sp³-hybridized carbons (Fsp3) is 0.600. The Morgan fingerprint density at radius 3 is 2.84 bits per heavy atom. The van der Waals surface area contributed by atoms with Crippen LogP contribution in [0.15, 0.2) is 16.7 Å². The maximum Gasteiger partial charge on any atom is 0.229 e. The molecule has 1 aliphatic carbocycles. The van der Waals surface area contributed by atoms with Gasteiger partial charge in [-0.3, -0.25) is 4.79 Å². The highest BCUT2D eigenvalue weighted by molar-refractivity contribution is 9.10. The van der Waals surface area contributed by atoms with Crippen LogP contribution in [-0.2, 0) is 4.79 Å². The summed E-state index contributed by atoms with van der Waals surface area (Å²) >= 11 is 3.42. The molecule has 0 spiro atoms. The molecular formula is C15H21BrN2O. The summed E-state index contributed by atoms with van der Waals surface area (Å²) in [5.74, 6) is 0.845. The van der Waals surface area contributed by atoms with Gasteiger partial charge in [-0.05, 0) is 52.7 Å². The zero-order chi connectivity index (χ0) is 14.0. The fourth-order valence-corrected chi connectivity index (χ4v) is 3.02. The van der Waals surface area contributed by atoms with Crippen LogP contribution in [0.4, 0.5) is 5.82 Å². The second-order valence-electron chi connectivity index (χ2n) is 6.09. The molecule has 104 valence electrons. The largest absolute Gasteiger partial charge is 0.310 e. The Balaban J connectivity index is 2.09. The van der Waals surface area contributed by atoms with Gasteiger partial charge in [0, 0.05) is 16.6 Å². The number of pyridine rings is 1.